The summed E-state index contributed by atoms with van der Waals surface area (Å²) < 4.78 is 0. The lowest BCUT2D eigenvalue weighted by molar-refractivity contribution is 0.388. The van der Waals surface area contributed by atoms with Crippen molar-refractivity contribution in [3.8, 4) is 0 Å². The van der Waals surface area contributed by atoms with Crippen molar-refractivity contribution in [1.82, 2.24) is 5.32 Å². The third kappa shape index (κ3) is 3.57. The molecule has 0 saturated carbocycles. The van der Waals surface area contributed by atoms with E-state index in [0.29, 0.717) is 12.1 Å². The van der Waals surface area contributed by atoms with Gasteiger partial charge in [0.15, 0.2) is 0 Å². The number of aryl methyl sites for hydroxylation is 1. The van der Waals surface area contributed by atoms with E-state index < -0.39 is 0 Å². The average Bonchev–Trinajstić information content (AvgIpc) is 2.36. The van der Waals surface area contributed by atoms with Crippen LogP contribution in [-0.2, 0) is 12.8 Å². The van der Waals surface area contributed by atoms with E-state index in [1.165, 1.54) is 38.5 Å². The quantitative estimate of drug-likeness (QED) is 0.814. The molecule has 0 aromatic heterocycles. The molecular formula is C16H25N. The lowest BCUT2D eigenvalue weighted by Gasteiger charge is -2.28. The monoisotopic (exact) mass is 231 g/mol. The summed E-state index contributed by atoms with van der Waals surface area (Å²) in [6.45, 7) is 4.60. The van der Waals surface area contributed by atoms with Crippen molar-refractivity contribution in [1.29, 1.82) is 0 Å². The SMILES string of the molecule is CCCCC(C)NC1CCc2ccccc2C1. The van der Waals surface area contributed by atoms with Crippen LogP contribution in [0.15, 0.2) is 24.3 Å². The molecule has 0 radical (unpaired) electrons. The second kappa shape index (κ2) is 6.20. The third-order valence-corrected chi connectivity index (χ3v) is 3.86. The fourth-order valence-corrected chi connectivity index (χ4v) is 2.84. The van der Waals surface area contributed by atoms with Crippen molar-refractivity contribution in [3.05, 3.63) is 35.4 Å². The predicted octanol–water partition coefficient (Wildman–Crippen LogP) is 3.71. The molecular weight excluding hydrogens is 206 g/mol. The van der Waals surface area contributed by atoms with E-state index in [1.54, 1.807) is 11.1 Å². The maximum atomic E-state index is 3.79. The van der Waals surface area contributed by atoms with Crippen molar-refractivity contribution in [3.63, 3.8) is 0 Å². The van der Waals surface area contributed by atoms with Gasteiger partial charge in [-0.05, 0) is 43.7 Å². The van der Waals surface area contributed by atoms with Crippen LogP contribution < -0.4 is 5.32 Å². The van der Waals surface area contributed by atoms with Crippen LogP contribution in [0.2, 0.25) is 0 Å². The zero-order valence-corrected chi connectivity index (χ0v) is 11.2. The van der Waals surface area contributed by atoms with Crippen LogP contribution in [0.5, 0.6) is 0 Å². The Hall–Kier alpha value is -0.820. The number of fused-ring (bicyclic) bond motifs is 1. The third-order valence-electron chi connectivity index (χ3n) is 3.86. The van der Waals surface area contributed by atoms with Gasteiger partial charge in [0, 0.05) is 12.1 Å². The van der Waals surface area contributed by atoms with Gasteiger partial charge in [0.05, 0.1) is 0 Å². The molecule has 1 N–H and O–H groups in total. The second-order valence-electron chi connectivity index (χ2n) is 5.42. The Morgan fingerprint density at radius 3 is 2.82 bits per heavy atom. The van der Waals surface area contributed by atoms with E-state index in [1.807, 2.05) is 0 Å². The first kappa shape index (κ1) is 12.6. The van der Waals surface area contributed by atoms with E-state index in [9.17, 15) is 0 Å². The molecule has 0 fully saturated rings. The second-order valence-corrected chi connectivity index (χ2v) is 5.42. The minimum absolute atomic E-state index is 0.671. The number of unbranched alkanes of at least 4 members (excludes halogenated alkanes) is 1. The molecule has 1 aromatic rings. The Balaban J connectivity index is 1.85. The molecule has 2 rings (SSSR count). The smallest absolute Gasteiger partial charge is 0.0113 e. The number of nitrogens with one attached hydrogen (secondary N) is 1. The molecule has 17 heavy (non-hydrogen) atoms. The van der Waals surface area contributed by atoms with Crippen LogP contribution >= 0.6 is 0 Å². The number of hydrogen-bond donors (Lipinski definition) is 1. The summed E-state index contributed by atoms with van der Waals surface area (Å²) in [5, 5.41) is 3.79. The summed E-state index contributed by atoms with van der Waals surface area (Å²) in [7, 11) is 0. The van der Waals surface area contributed by atoms with Gasteiger partial charge in [-0.1, -0.05) is 44.0 Å². The molecule has 0 heterocycles. The van der Waals surface area contributed by atoms with Gasteiger partial charge >= 0.3 is 0 Å². The van der Waals surface area contributed by atoms with Crippen molar-refractivity contribution >= 4 is 0 Å². The van der Waals surface area contributed by atoms with Crippen LogP contribution in [-0.4, -0.2) is 12.1 Å². The maximum Gasteiger partial charge on any atom is 0.0113 e. The Bertz CT molecular complexity index is 345. The highest BCUT2D eigenvalue weighted by atomic mass is 14.9. The first-order valence-electron chi connectivity index (χ1n) is 7.12. The number of rotatable bonds is 5. The molecule has 94 valence electrons. The van der Waals surface area contributed by atoms with Crippen molar-refractivity contribution in [2.24, 2.45) is 0 Å². The molecule has 1 aliphatic carbocycles. The van der Waals surface area contributed by atoms with E-state index in [2.05, 4.69) is 43.4 Å². The highest BCUT2D eigenvalue weighted by Crippen LogP contribution is 2.21. The van der Waals surface area contributed by atoms with Gasteiger partial charge < -0.3 is 5.32 Å². The summed E-state index contributed by atoms with van der Waals surface area (Å²) in [5.74, 6) is 0. The zero-order chi connectivity index (χ0) is 12.1. The van der Waals surface area contributed by atoms with Gasteiger partial charge in [-0.2, -0.15) is 0 Å². The fourth-order valence-electron chi connectivity index (χ4n) is 2.84. The zero-order valence-electron chi connectivity index (χ0n) is 11.2. The molecule has 0 saturated heterocycles. The van der Waals surface area contributed by atoms with Gasteiger partial charge in [0.25, 0.3) is 0 Å². The lowest BCUT2D eigenvalue weighted by atomic mass is 9.88. The first-order chi connectivity index (χ1) is 8.29. The lowest BCUT2D eigenvalue weighted by Crippen LogP contribution is -2.40. The molecule has 1 aliphatic rings. The molecule has 2 unspecified atom stereocenters. The molecule has 0 spiro atoms. The summed E-state index contributed by atoms with van der Waals surface area (Å²) in [6.07, 6.45) is 7.72. The van der Waals surface area contributed by atoms with Crippen LogP contribution in [0, 0.1) is 0 Å². The minimum Gasteiger partial charge on any atom is -0.311 e. The first-order valence-corrected chi connectivity index (χ1v) is 7.12. The Kier molecular flexibility index (Phi) is 4.61. The number of benzene rings is 1. The van der Waals surface area contributed by atoms with Gasteiger partial charge in [0.1, 0.15) is 0 Å². The van der Waals surface area contributed by atoms with Gasteiger partial charge in [-0.3, -0.25) is 0 Å². The van der Waals surface area contributed by atoms with Crippen molar-refractivity contribution in [2.45, 2.75) is 64.5 Å². The summed E-state index contributed by atoms with van der Waals surface area (Å²) >= 11 is 0. The molecule has 1 heteroatoms. The van der Waals surface area contributed by atoms with Crippen LogP contribution in [0.3, 0.4) is 0 Å². The van der Waals surface area contributed by atoms with E-state index >= 15 is 0 Å². The Morgan fingerprint density at radius 1 is 1.29 bits per heavy atom. The normalized spacial score (nSPS) is 20.9. The average molecular weight is 231 g/mol. The standard InChI is InChI=1S/C16H25N/c1-3-4-7-13(2)17-16-11-10-14-8-5-6-9-15(14)12-16/h5-6,8-9,13,16-17H,3-4,7,10-12H2,1-2H3. The van der Waals surface area contributed by atoms with E-state index in [-0.39, 0.29) is 0 Å². The fraction of sp³-hybridized carbons (Fsp3) is 0.625. The highest BCUT2D eigenvalue weighted by Gasteiger charge is 2.19. The molecule has 1 nitrogen and oxygen atoms in total. The minimum atomic E-state index is 0.671. The Morgan fingerprint density at radius 2 is 2.06 bits per heavy atom. The van der Waals surface area contributed by atoms with Crippen molar-refractivity contribution < 1.29 is 0 Å². The molecule has 0 amide bonds. The van der Waals surface area contributed by atoms with Crippen LogP contribution in [0.25, 0.3) is 0 Å². The molecule has 0 bridgehead atoms. The molecule has 2 atom stereocenters. The molecule has 0 aliphatic heterocycles. The predicted molar refractivity (Wildman–Crippen MR) is 74.4 cm³/mol. The largest absolute Gasteiger partial charge is 0.311 e. The topological polar surface area (TPSA) is 12.0 Å². The number of hydrogen-bond acceptors (Lipinski definition) is 1. The van der Waals surface area contributed by atoms with Gasteiger partial charge in [0.2, 0.25) is 0 Å². The summed E-state index contributed by atoms with van der Waals surface area (Å²) in [5.41, 5.74) is 3.12. The van der Waals surface area contributed by atoms with Gasteiger partial charge in [-0.15, -0.1) is 0 Å². The summed E-state index contributed by atoms with van der Waals surface area (Å²) in [6, 6.07) is 10.3. The van der Waals surface area contributed by atoms with E-state index in [4.69, 9.17) is 0 Å². The molecule has 1 aromatic carbocycles. The van der Waals surface area contributed by atoms with Crippen LogP contribution in [0.4, 0.5) is 0 Å². The van der Waals surface area contributed by atoms with Gasteiger partial charge in [-0.25, -0.2) is 0 Å². The highest BCUT2D eigenvalue weighted by molar-refractivity contribution is 5.30. The maximum absolute atomic E-state index is 3.79. The van der Waals surface area contributed by atoms with Crippen molar-refractivity contribution in [2.75, 3.05) is 0 Å². The van der Waals surface area contributed by atoms with E-state index in [0.717, 1.165) is 0 Å². The Labute approximate surface area is 106 Å². The summed E-state index contributed by atoms with van der Waals surface area (Å²) in [4.78, 5) is 0. The van der Waals surface area contributed by atoms with Crippen LogP contribution in [0.1, 0.15) is 50.7 Å².